The van der Waals surface area contributed by atoms with Gasteiger partial charge in [-0.3, -0.25) is 24.5 Å². The fourth-order valence-electron chi connectivity index (χ4n) is 4.41. The minimum atomic E-state index is -0.728. The summed E-state index contributed by atoms with van der Waals surface area (Å²) >= 11 is 0. The van der Waals surface area contributed by atoms with Crippen LogP contribution in [0.4, 0.5) is 0 Å². The number of carbonyl (C=O) groups is 4. The molecular weight excluding hydrogens is 400 g/mol. The third kappa shape index (κ3) is 7.28. The van der Waals surface area contributed by atoms with E-state index in [9.17, 15) is 19.2 Å². The summed E-state index contributed by atoms with van der Waals surface area (Å²) in [5.74, 6) is -1.98. The first kappa shape index (κ1) is 25.3. The maximum absolute atomic E-state index is 13.0. The summed E-state index contributed by atoms with van der Waals surface area (Å²) in [5, 5.41) is 8.17. The van der Waals surface area contributed by atoms with Gasteiger partial charge in [-0.25, -0.2) is 0 Å². The number of methoxy groups -OCH3 is 1. The van der Waals surface area contributed by atoms with E-state index in [1.807, 2.05) is 0 Å². The molecule has 2 fully saturated rings. The molecule has 0 aromatic heterocycles. The molecule has 1 saturated heterocycles. The van der Waals surface area contributed by atoms with Gasteiger partial charge in [0, 0.05) is 19.2 Å². The number of hydrogen-bond donors (Lipinski definition) is 3. The van der Waals surface area contributed by atoms with E-state index in [-0.39, 0.29) is 36.5 Å². The lowest BCUT2D eigenvalue weighted by Crippen LogP contribution is -2.51. The molecule has 3 amide bonds. The minimum absolute atomic E-state index is 0.0452. The molecule has 2 aliphatic rings. The summed E-state index contributed by atoms with van der Waals surface area (Å²) in [7, 11) is 1.55. The standard InChI is InChI=1S/C22H38N4O5/c1-15(31-5)23-13-18(28)26-14-22(9-7-6-8-10-22)11-16(26)19(29)24-12-17(27)20(30)25-21(2,3)4/h15-16,23H,6-14H2,1-5H3,(H,24,29)(H,25,30). The van der Waals surface area contributed by atoms with E-state index in [0.717, 1.165) is 25.7 Å². The normalized spacial score (nSPS) is 21.6. The Bertz CT molecular complexity index is 682. The molecule has 1 aliphatic carbocycles. The van der Waals surface area contributed by atoms with Crippen LogP contribution < -0.4 is 16.0 Å². The SMILES string of the molecule is COC(C)NCC(=O)N1CC2(CCCCC2)CC1C(=O)NCC(=O)C(=O)NC(C)(C)C. The van der Waals surface area contributed by atoms with E-state index in [2.05, 4.69) is 16.0 Å². The third-order valence-corrected chi connectivity index (χ3v) is 6.10. The lowest BCUT2D eigenvalue weighted by molar-refractivity contribution is -0.140. The van der Waals surface area contributed by atoms with Crippen LogP contribution in [0.5, 0.6) is 0 Å². The van der Waals surface area contributed by atoms with Gasteiger partial charge in [0.15, 0.2) is 0 Å². The topological polar surface area (TPSA) is 117 Å². The average Bonchev–Trinajstić information content (AvgIpc) is 3.07. The summed E-state index contributed by atoms with van der Waals surface area (Å²) in [5.41, 5.74) is -0.582. The Balaban J connectivity index is 2.03. The van der Waals surface area contributed by atoms with Crippen molar-refractivity contribution in [3.05, 3.63) is 0 Å². The molecular formula is C22H38N4O5. The number of ketones is 1. The molecule has 9 heteroatoms. The number of rotatable bonds is 8. The van der Waals surface area contributed by atoms with Crippen LogP contribution >= 0.6 is 0 Å². The fourth-order valence-corrected chi connectivity index (χ4v) is 4.41. The number of ether oxygens (including phenoxy) is 1. The van der Waals surface area contributed by atoms with Crippen LogP contribution in [0.2, 0.25) is 0 Å². The summed E-state index contributed by atoms with van der Waals surface area (Å²) in [6, 6.07) is -0.635. The van der Waals surface area contributed by atoms with Gasteiger partial charge in [0.25, 0.3) is 5.91 Å². The molecule has 2 unspecified atom stereocenters. The monoisotopic (exact) mass is 438 g/mol. The maximum atomic E-state index is 13.0. The van der Waals surface area contributed by atoms with E-state index >= 15 is 0 Å². The number of likely N-dealkylation sites (tertiary alicyclic amines) is 1. The molecule has 0 radical (unpaired) electrons. The van der Waals surface area contributed by atoms with Gasteiger partial charge < -0.3 is 20.3 Å². The predicted molar refractivity (Wildman–Crippen MR) is 116 cm³/mol. The van der Waals surface area contributed by atoms with Crippen molar-refractivity contribution >= 4 is 23.5 Å². The molecule has 1 heterocycles. The average molecular weight is 439 g/mol. The van der Waals surface area contributed by atoms with Gasteiger partial charge in [-0.2, -0.15) is 0 Å². The van der Waals surface area contributed by atoms with E-state index in [1.165, 1.54) is 6.42 Å². The zero-order valence-corrected chi connectivity index (χ0v) is 19.5. The van der Waals surface area contributed by atoms with Crippen molar-refractivity contribution in [2.45, 2.75) is 84.0 Å². The number of hydrogen-bond acceptors (Lipinski definition) is 6. The van der Waals surface area contributed by atoms with E-state index in [0.29, 0.717) is 13.0 Å². The summed E-state index contributed by atoms with van der Waals surface area (Å²) in [6.45, 7) is 7.37. The van der Waals surface area contributed by atoms with Gasteiger partial charge in [0.1, 0.15) is 12.3 Å². The van der Waals surface area contributed by atoms with Crippen LogP contribution in [0.3, 0.4) is 0 Å². The van der Waals surface area contributed by atoms with Gasteiger partial charge in [-0.05, 0) is 52.4 Å². The first-order chi connectivity index (χ1) is 14.5. The van der Waals surface area contributed by atoms with Crippen molar-refractivity contribution in [3.8, 4) is 0 Å². The highest BCUT2D eigenvalue weighted by atomic mass is 16.5. The van der Waals surface area contributed by atoms with Gasteiger partial charge >= 0.3 is 0 Å². The Morgan fingerprint density at radius 2 is 1.74 bits per heavy atom. The number of nitrogens with one attached hydrogen (secondary N) is 3. The lowest BCUT2D eigenvalue weighted by atomic mass is 9.72. The Morgan fingerprint density at radius 3 is 2.32 bits per heavy atom. The highest BCUT2D eigenvalue weighted by Gasteiger charge is 2.48. The number of Topliss-reactive ketones (excluding diaryl/α,β-unsaturated/α-hetero) is 1. The van der Waals surface area contributed by atoms with Crippen LogP contribution in [0.25, 0.3) is 0 Å². The van der Waals surface area contributed by atoms with Gasteiger partial charge in [0.05, 0.1) is 13.1 Å². The van der Waals surface area contributed by atoms with Crippen molar-refractivity contribution in [1.29, 1.82) is 0 Å². The van der Waals surface area contributed by atoms with E-state index < -0.39 is 23.3 Å². The summed E-state index contributed by atoms with van der Waals surface area (Å²) < 4.78 is 5.13. The van der Waals surface area contributed by atoms with Crippen LogP contribution in [0.1, 0.15) is 66.2 Å². The Kier molecular flexibility index (Phi) is 8.59. The van der Waals surface area contributed by atoms with Gasteiger partial charge in [-0.15, -0.1) is 0 Å². The molecule has 9 nitrogen and oxygen atoms in total. The number of amides is 3. The van der Waals surface area contributed by atoms with Crippen LogP contribution in [-0.4, -0.2) is 73.0 Å². The molecule has 31 heavy (non-hydrogen) atoms. The molecule has 176 valence electrons. The molecule has 0 aromatic rings. The van der Waals surface area contributed by atoms with Crippen molar-refractivity contribution in [2.75, 3.05) is 26.7 Å². The maximum Gasteiger partial charge on any atom is 0.289 e. The Morgan fingerprint density at radius 1 is 1.10 bits per heavy atom. The zero-order valence-electron chi connectivity index (χ0n) is 19.5. The molecule has 1 aliphatic heterocycles. The first-order valence-corrected chi connectivity index (χ1v) is 11.1. The zero-order chi connectivity index (χ0) is 23.2. The molecule has 2 atom stereocenters. The quantitative estimate of drug-likeness (QED) is 0.380. The summed E-state index contributed by atoms with van der Waals surface area (Å²) in [4.78, 5) is 51.6. The third-order valence-electron chi connectivity index (χ3n) is 6.10. The van der Waals surface area contributed by atoms with Gasteiger partial charge in [-0.1, -0.05) is 19.3 Å². The number of nitrogens with zero attached hydrogens (tertiary/aromatic N) is 1. The van der Waals surface area contributed by atoms with Crippen molar-refractivity contribution in [2.24, 2.45) is 5.41 Å². The second-order valence-corrected chi connectivity index (χ2v) is 9.91. The van der Waals surface area contributed by atoms with Crippen molar-refractivity contribution in [1.82, 2.24) is 20.9 Å². The van der Waals surface area contributed by atoms with E-state index in [1.54, 1.807) is 39.7 Å². The Labute approximate surface area is 185 Å². The number of carbonyl (C=O) groups excluding carboxylic acids is 4. The van der Waals surface area contributed by atoms with Crippen LogP contribution in [0, 0.1) is 5.41 Å². The smallest absolute Gasteiger partial charge is 0.289 e. The minimum Gasteiger partial charge on any atom is -0.367 e. The molecule has 0 bridgehead atoms. The highest BCUT2D eigenvalue weighted by Crippen LogP contribution is 2.46. The molecule has 3 N–H and O–H groups in total. The Hall–Kier alpha value is -2.00. The fraction of sp³-hybridized carbons (Fsp3) is 0.818. The van der Waals surface area contributed by atoms with Crippen molar-refractivity contribution < 1.29 is 23.9 Å². The molecule has 2 rings (SSSR count). The lowest BCUT2D eigenvalue weighted by Gasteiger charge is -2.33. The molecule has 0 aromatic carbocycles. The highest BCUT2D eigenvalue weighted by molar-refractivity contribution is 6.37. The second-order valence-electron chi connectivity index (χ2n) is 9.91. The van der Waals surface area contributed by atoms with Crippen LogP contribution in [0.15, 0.2) is 0 Å². The van der Waals surface area contributed by atoms with Crippen LogP contribution in [-0.2, 0) is 23.9 Å². The first-order valence-electron chi connectivity index (χ1n) is 11.1. The van der Waals surface area contributed by atoms with Gasteiger partial charge in [0.2, 0.25) is 17.6 Å². The van der Waals surface area contributed by atoms with Crippen molar-refractivity contribution in [3.63, 3.8) is 0 Å². The predicted octanol–water partition coefficient (Wildman–Crippen LogP) is 0.720. The summed E-state index contributed by atoms with van der Waals surface area (Å²) in [6.07, 6.45) is 5.68. The largest absolute Gasteiger partial charge is 0.367 e. The van der Waals surface area contributed by atoms with E-state index in [4.69, 9.17) is 4.74 Å². The molecule has 1 saturated carbocycles. The second kappa shape index (κ2) is 10.5. The molecule has 1 spiro atoms.